The second-order valence-corrected chi connectivity index (χ2v) is 6.04. The minimum absolute atomic E-state index is 0.109. The first-order valence-electron chi connectivity index (χ1n) is 8.24. The minimum atomic E-state index is -0.313. The standard InChI is InChI=1S/C20H20N4O2/c1-14-10-15(2)24(23-14)13-16-6-5-8-17(11-16)20(26)22-21-12-18-7-3-4-9-19(18)25/h3-12,25H,13H2,1-2H3,(H,22,26). The summed E-state index contributed by atoms with van der Waals surface area (Å²) < 4.78 is 1.91. The van der Waals surface area contributed by atoms with Gasteiger partial charge in [0.1, 0.15) is 5.75 Å². The number of carbonyl (C=O) groups excluding carboxylic acids is 1. The quantitative estimate of drug-likeness (QED) is 0.549. The van der Waals surface area contributed by atoms with Gasteiger partial charge < -0.3 is 5.11 Å². The van der Waals surface area contributed by atoms with Crippen molar-refractivity contribution in [1.29, 1.82) is 0 Å². The highest BCUT2D eigenvalue weighted by Crippen LogP contribution is 2.13. The first-order chi connectivity index (χ1) is 12.5. The minimum Gasteiger partial charge on any atom is -0.507 e. The monoisotopic (exact) mass is 348 g/mol. The van der Waals surface area contributed by atoms with E-state index in [2.05, 4.69) is 15.6 Å². The Kier molecular flexibility index (Phi) is 5.12. The lowest BCUT2D eigenvalue weighted by atomic mass is 10.1. The lowest BCUT2D eigenvalue weighted by Gasteiger charge is -2.07. The largest absolute Gasteiger partial charge is 0.507 e. The van der Waals surface area contributed by atoms with Gasteiger partial charge in [0.15, 0.2) is 0 Å². The second-order valence-electron chi connectivity index (χ2n) is 6.04. The fourth-order valence-corrected chi connectivity index (χ4v) is 2.64. The number of para-hydroxylation sites is 1. The predicted molar refractivity (Wildman–Crippen MR) is 100 cm³/mol. The van der Waals surface area contributed by atoms with Crippen molar-refractivity contribution in [3.05, 3.63) is 82.7 Å². The van der Waals surface area contributed by atoms with Crippen LogP contribution in [0.15, 0.2) is 59.7 Å². The molecule has 1 aromatic heterocycles. The molecule has 0 spiro atoms. The number of nitrogens with one attached hydrogen (secondary N) is 1. The average Bonchev–Trinajstić information content (AvgIpc) is 2.94. The van der Waals surface area contributed by atoms with E-state index in [0.29, 0.717) is 17.7 Å². The molecule has 2 aromatic carbocycles. The van der Waals surface area contributed by atoms with Gasteiger partial charge in [-0.1, -0.05) is 24.3 Å². The summed E-state index contributed by atoms with van der Waals surface area (Å²) in [6.07, 6.45) is 1.41. The molecule has 6 nitrogen and oxygen atoms in total. The van der Waals surface area contributed by atoms with Gasteiger partial charge in [0.25, 0.3) is 5.91 Å². The van der Waals surface area contributed by atoms with Crippen LogP contribution in [0, 0.1) is 13.8 Å². The molecule has 1 heterocycles. The first-order valence-corrected chi connectivity index (χ1v) is 8.24. The van der Waals surface area contributed by atoms with E-state index < -0.39 is 0 Å². The number of phenols is 1. The molecule has 0 saturated heterocycles. The lowest BCUT2D eigenvalue weighted by molar-refractivity contribution is 0.0955. The molecule has 0 unspecified atom stereocenters. The van der Waals surface area contributed by atoms with Crippen LogP contribution in [0.3, 0.4) is 0 Å². The Morgan fingerprint density at radius 1 is 1.19 bits per heavy atom. The molecule has 0 aliphatic carbocycles. The van der Waals surface area contributed by atoms with Crippen LogP contribution in [0.25, 0.3) is 0 Å². The highest BCUT2D eigenvalue weighted by atomic mass is 16.3. The number of aromatic nitrogens is 2. The third-order valence-electron chi connectivity index (χ3n) is 3.93. The first kappa shape index (κ1) is 17.4. The summed E-state index contributed by atoms with van der Waals surface area (Å²) in [7, 11) is 0. The summed E-state index contributed by atoms with van der Waals surface area (Å²) >= 11 is 0. The Balaban J connectivity index is 1.68. The molecule has 0 aliphatic heterocycles. The number of hydrogen-bond acceptors (Lipinski definition) is 4. The number of rotatable bonds is 5. The van der Waals surface area contributed by atoms with Gasteiger partial charge in [-0.2, -0.15) is 10.2 Å². The zero-order chi connectivity index (χ0) is 18.5. The predicted octanol–water partition coefficient (Wildman–Crippen LogP) is 3.02. The molecule has 26 heavy (non-hydrogen) atoms. The van der Waals surface area contributed by atoms with Crippen molar-refractivity contribution in [2.45, 2.75) is 20.4 Å². The van der Waals surface area contributed by atoms with Crippen molar-refractivity contribution in [3.8, 4) is 5.75 Å². The third-order valence-corrected chi connectivity index (χ3v) is 3.93. The van der Waals surface area contributed by atoms with Crippen LogP contribution >= 0.6 is 0 Å². The molecule has 2 N–H and O–H groups in total. The van der Waals surface area contributed by atoms with E-state index in [1.165, 1.54) is 6.21 Å². The lowest BCUT2D eigenvalue weighted by Crippen LogP contribution is -2.18. The molecule has 6 heteroatoms. The summed E-state index contributed by atoms with van der Waals surface area (Å²) in [6.45, 7) is 4.56. The fraction of sp³-hybridized carbons (Fsp3) is 0.150. The number of amides is 1. The number of phenolic OH excluding ortho intramolecular Hbond substituents is 1. The van der Waals surface area contributed by atoms with Crippen LogP contribution in [0.5, 0.6) is 5.75 Å². The normalized spacial score (nSPS) is 11.0. The van der Waals surface area contributed by atoms with Gasteiger partial charge in [0, 0.05) is 16.8 Å². The van der Waals surface area contributed by atoms with Crippen LogP contribution in [0.4, 0.5) is 0 Å². The van der Waals surface area contributed by atoms with Gasteiger partial charge in [-0.15, -0.1) is 0 Å². The van der Waals surface area contributed by atoms with E-state index >= 15 is 0 Å². The van der Waals surface area contributed by atoms with E-state index in [0.717, 1.165) is 17.0 Å². The van der Waals surface area contributed by atoms with Crippen molar-refractivity contribution >= 4 is 12.1 Å². The fourth-order valence-electron chi connectivity index (χ4n) is 2.64. The van der Waals surface area contributed by atoms with Crippen LogP contribution in [-0.4, -0.2) is 27.0 Å². The third kappa shape index (κ3) is 4.16. The van der Waals surface area contributed by atoms with E-state index in [9.17, 15) is 9.90 Å². The zero-order valence-corrected chi connectivity index (χ0v) is 14.7. The van der Waals surface area contributed by atoms with Gasteiger partial charge in [-0.3, -0.25) is 9.48 Å². The molecule has 3 aromatic rings. The molecule has 0 aliphatic rings. The molecule has 3 rings (SSSR count). The molecular formula is C20H20N4O2. The van der Waals surface area contributed by atoms with Gasteiger partial charge in [0.05, 0.1) is 18.5 Å². The summed E-state index contributed by atoms with van der Waals surface area (Å²) in [5, 5.41) is 18.0. The second kappa shape index (κ2) is 7.65. The molecule has 132 valence electrons. The number of nitrogens with zero attached hydrogens (tertiary/aromatic N) is 3. The van der Waals surface area contributed by atoms with Crippen LogP contribution in [-0.2, 0) is 6.54 Å². The van der Waals surface area contributed by atoms with Crippen molar-refractivity contribution < 1.29 is 9.90 Å². The number of hydrazone groups is 1. The maximum atomic E-state index is 12.3. The van der Waals surface area contributed by atoms with Crippen molar-refractivity contribution in [1.82, 2.24) is 15.2 Å². The Hall–Kier alpha value is -3.41. The smallest absolute Gasteiger partial charge is 0.271 e. The maximum Gasteiger partial charge on any atom is 0.271 e. The number of hydrogen-bond donors (Lipinski definition) is 2. The average molecular weight is 348 g/mol. The Labute approximate surface area is 151 Å². The van der Waals surface area contributed by atoms with E-state index in [-0.39, 0.29) is 11.7 Å². The van der Waals surface area contributed by atoms with Crippen LogP contribution in [0.2, 0.25) is 0 Å². The Morgan fingerprint density at radius 2 is 2.00 bits per heavy atom. The molecule has 0 saturated carbocycles. The Bertz CT molecular complexity index is 960. The van der Waals surface area contributed by atoms with Gasteiger partial charge in [-0.25, -0.2) is 5.43 Å². The Morgan fingerprint density at radius 3 is 2.73 bits per heavy atom. The number of aryl methyl sites for hydroxylation is 2. The molecule has 0 fully saturated rings. The molecule has 0 atom stereocenters. The number of benzene rings is 2. The molecule has 0 bridgehead atoms. The number of carbonyl (C=O) groups is 1. The molecule has 0 radical (unpaired) electrons. The summed E-state index contributed by atoms with van der Waals surface area (Å²) in [4.78, 5) is 12.3. The van der Waals surface area contributed by atoms with Crippen molar-refractivity contribution in [2.24, 2.45) is 5.10 Å². The van der Waals surface area contributed by atoms with Crippen LogP contribution in [0.1, 0.15) is 32.9 Å². The highest BCUT2D eigenvalue weighted by Gasteiger charge is 2.07. The van der Waals surface area contributed by atoms with E-state index in [1.54, 1.807) is 30.3 Å². The highest BCUT2D eigenvalue weighted by molar-refractivity contribution is 5.95. The van der Waals surface area contributed by atoms with Crippen LogP contribution < -0.4 is 5.43 Å². The van der Waals surface area contributed by atoms with E-state index in [4.69, 9.17) is 0 Å². The topological polar surface area (TPSA) is 79.5 Å². The zero-order valence-electron chi connectivity index (χ0n) is 14.7. The summed E-state index contributed by atoms with van der Waals surface area (Å²) in [5.74, 6) is -0.204. The SMILES string of the molecule is Cc1cc(C)n(Cc2cccc(C(=O)NN=Cc3ccccc3O)c2)n1. The van der Waals surface area contributed by atoms with Crippen molar-refractivity contribution in [2.75, 3.05) is 0 Å². The summed E-state index contributed by atoms with van der Waals surface area (Å²) in [6, 6.07) is 16.1. The van der Waals surface area contributed by atoms with E-state index in [1.807, 2.05) is 42.8 Å². The molecular weight excluding hydrogens is 328 g/mol. The number of aromatic hydroxyl groups is 1. The molecule has 1 amide bonds. The summed E-state index contributed by atoms with van der Waals surface area (Å²) in [5.41, 5.74) is 6.55. The van der Waals surface area contributed by atoms with Gasteiger partial charge in [-0.05, 0) is 49.7 Å². The maximum absolute atomic E-state index is 12.3. The van der Waals surface area contributed by atoms with Gasteiger partial charge >= 0.3 is 0 Å². The van der Waals surface area contributed by atoms with Gasteiger partial charge in [0.2, 0.25) is 0 Å². The van der Waals surface area contributed by atoms with Crippen molar-refractivity contribution in [3.63, 3.8) is 0 Å².